The number of ether oxygens (including phenoxy) is 2. The smallest absolute Gasteiger partial charge is 0.240 e. The van der Waals surface area contributed by atoms with E-state index in [1.54, 1.807) is 49.6 Å². The maximum Gasteiger partial charge on any atom is 0.240 e. The second-order valence-corrected chi connectivity index (χ2v) is 6.10. The molecule has 0 unspecified atom stereocenters. The van der Waals surface area contributed by atoms with Crippen molar-refractivity contribution in [1.82, 2.24) is 5.43 Å². The van der Waals surface area contributed by atoms with Gasteiger partial charge in [0, 0.05) is 29.1 Å². The molecule has 0 saturated heterocycles. The zero-order valence-electron chi connectivity index (χ0n) is 15.7. The summed E-state index contributed by atoms with van der Waals surface area (Å²) in [6, 6.07) is 12.2. The Labute approximate surface area is 168 Å². The van der Waals surface area contributed by atoms with Crippen molar-refractivity contribution in [3.63, 3.8) is 0 Å². The van der Waals surface area contributed by atoms with Crippen LogP contribution in [0.15, 0.2) is 47.6 Å². The largest absolute Gasteiger partial charge is 0.493 e. The van der Waals surface area contributed by atoms with Crippen LogP contribution in [0.2, 0.25) is 5.02 Å². The predicted octanol–water partition coefficient (Wildman–Crippen LogP) is 3.62. The van der Waals surface area contributed by atoms with Crippen LogP contribution in [0.25, 0.3) is 0 Å². The van der Waals surface area contributed by atoms with Gasteiger partial charge in [-0.2, -0.15) is 5.10 Å². The van der Waals surface area contributed by atoms with Gasteiger partial charge in [-0.05, 0) is 37.3 Å². The van der Waals surface area contributed by atoms with Gasteiger partial charge in [-0.15, -0.1) is 0 Å². The van der Waals surface area contributed by atoms with E-state index in [1.165, 1.54) is 6.21 Å². The number of carbonyl (C=O) groups excluding carboxylic acids is 2. The minimum absolute atomic E-state index is 0.000166. The highest BCUT2D eigenvalue weighted by Crippen LogP contribution is 2.29. The first-order valence-corrected chi connectivity index (χ1v) is 9.08. The van der Waals surface area contributed by atoms with Crippen molar-refractivity contribution in [1.29, 1.82) is 0 Å². The third-order valence-corrected chi connectivity index (χ3v) is 3.83. The van der Waals surface area contributed by atoms with E-state index < -0.39 is 0 Å². The normalized spacial score (nSPS) is 10.5. The van der Waals surface area contributed by atoms with Crippen molar-refractivity contribution < 1.29 is 19.1 Å². The van der Waals surface area contributed by atoms with Gasteiger partial charge >= 0.3 is 0 Å². The van der Waals surface area contributed by atoms with Crippen LogP contribution < -0.4 is 20.2 Å². The summed E-state index contributed by atoms with van der Waals surface area (Å²) in [5, 5.41) is 7.13. The van der Waals surface area contributed by atoms with E-state index in [4.69, 9.17) is 21.1 Å². The van der Waals surface area contributed by atoms with Crippen LogP contribution in [-0.4, -0.2) is 31.7 Å². The lowest BCUT2D eigenvalue weighted by Crippen LogP contribution is -2.20. The van der Waals surface area contributed by atoms with Crippen LogP contribution in [0, 0.1) is 0 Å². The molecule has 2 rings (SSSR count). The summed E-state index contributed by atoms with van der Waals surface area (Å²) >= 11 is 5.87. The molecule has 7 nitrogen and oxygen atoms in total. The summed E-state index contributed by atoms with van der Waals surface area (Å²) in [6.07, 6.45) is 1.49. The van der Waals surface area contributed by atoms with Crippen molar-refractivity contribution in [3.05, 3.63) is 53.1 Å². The number of anilines is 1. The number of amides is 2. The van der Waals surface area contributed by atoms with E-state index in [0.29, 0.717) is 34.4 Å². The van der Waals surface area contributed by atoms with Gasteiger partial charge in [-0.25, -0.2) is 5.43 Å². The van der Waals surface area contributed by atoms with E-state index in [2.05, 4.69) is 15.8 Å². The Morgan fingerprint density at radius 3 is 2.61 bits per heavy atom. The molecule has 0 heterocycles. The Morgan fingerprint density at radius 1 is 1.14 bits per heavy atom. The van der Waals surface area contributed by atoms with Crippen molar-refractivity contribution in [2.24, 2.45) is 5.10 Å². The summed E-state index contributed by atoms with van der Waals surface area (Å²) < 4.78 is 10.8. The van der Waals surface area contributed by atoms with Crippen LogP contribution in [0.1, 0.15) is 25.3 Å². The summed E-state index contributed by atoms with van der Waals surface area (Å²) in [5.74, 6) is 0.465. The van der Waals surface area contributed by atoms with E-state index in [-0.39, 0.29) is 24.7 Å². The fraction of sp³-hybridized carbons (Fsp3) is 0.250. The van der Waals surface area contributed by atoms with Crippen LogP contribution in [-0.2, 0) is 9.59 Å². The standard InChI is InChI=1S/C20H22ClN3O4/c1-3-28-20-14(6-4-9-17(20)27-2)13-22-24-19(26)11-10-18(25)23-16-8-5-7-15(21)12-16/h4-9,12-13H,3,10-11H2,1-2H3,(H,23,25)(H,24,26). The number of nitrogens with one attached hydrogen (secondary N) is 2. The van der Waals surface area contributed by atoms with E-state index in [1.807, 2.05) is 6.92 Å². The second kappa shape index (κ2) is 10.9. The topological polar surface area (TPSA) is 89.0 Å². The Balaban J connectivity index is 1.84. The molecule has 28 heavy (non-hydrogen) atoms. The summed E-state index contributed by atoms with van der Waals surface area (Å²) in [6.45, 7) is 2.33. The average Bonchev–Trinajstić information content (AvgIpc) is 2.67. The molecular formula is C20H22ClN3O4. The van der Waals surface area contributed by atoms with Crippen molar-refractivity contribution >= 4 is 35.3 Å². The lowest BCUT2D eigenvalue weighted by atomic mass is 10.2. The van der Waals surface area contributed by atoms with Crippen LogP contribution in [0.3, 0.4) is 0 Å². The molecule has 2 aromatic carbocycles. The lowest BCUT2D eigenvalue weighted by Gasteiger charge is -2.11. The van der Waals surface area contributed by atoms with E-state index in [0.717, 1.165) is 0 Å². The summed E-state index contributed by atoms with van der Waals surface area (Å²) in [7, 11) is 1.55. The maximum atomic E-state index is 11.9. The van der Waals surface area contributed by atoms with E-state index >= 15 is 0 Å². The molecule has 0 aliphatic heterocycles. The second-order valence-electron chi connectivity index (χ2n) is 5.66. The van der Waals surface area contributed by atoms with Gasteiger partial charge in [0.05, 0.1) is 19.9 Å². The molecule has 0 saturated carbocycles. The molecule has 148 valence electrons. The maximum absolute atomic E-state index is 11.9. The number of benzene rings is 2. The predicted molar refractivity (Wildman–Crippen MR) is 109 cm³/mol. The van der Waals surface area contributed by atoms with Gasteiger partial charge in [0.1, 0.15) is 0 Å². The lowest BCUT2D eigenvalue weighted by molar-refractivity contribution is -0.124. The van der Waals surface area contributed by atoms with Crippen molar-refractivity contribution in [2.75, 3.05) is 19.0 Å². The Hall–Kier alpha value is -3.06. The molecule has 0 radical (unpaired) electrons. The van der Waals surface area contributed by atoms with Crippen molar-refractivity contribution in [2.45, 2.75) is 19.8 Å². The minimum Gasteiger partial charge on any atom is -0.493 e. The van der Waals surface area contributed by atoms with Crippen LogP contribution >= 0.6 is 11.6 Å². The first kappa shape index (κ1) is 21.2. The third kappa shape index (κ3) is 6.59. The minimum atomic E-state index is -0.377. The molecule has 2 aromatic rings. The van der Waals surface area contributed by atoms with Gasteiger partial charge < -0.3 is 14.8 Å². The first-order valence-electron chi connectivity index (χ1n) is 8.70. The van der Waals surface area contributed by atoms with Gasteiger partial charge in [0.15, 0.2) is 11.5 Å². The number of hydrogen-bond acceptors (Lipinski definition) is 5. The highest BCUT2D eigenvalue weighted by Gasteiger charge is 2.09. The monoisotopic (exact) mass is 403 g/mol. The molecule has 0 aliphatic rings. The van der Waals surface area contributed by atoms with Crippen LogP contribution in [0.4, 0.5) is 5.69 Å². The summed E-state index contributed by atoms with van der Waals surface area (Å²) in [4.78, 5) is 23.8. The molecule has 2 N–H and O–H groups in total. The quantitative estimate of drug-likeness (QED) is 0.494. The number of para-hydroxylation sites is 1. The Kier molecular flexibility index (Phi) is 8.30. The first-order chi connectivity index (χ1) is 13.5. The fourth-order valence-electron chi connectivity index (χ4n) is 2.34. The number of methoxy groups -OCH3 is 1. The number of carbonyl (C=O) groups is 2. The number of nitrogens with zero attached hydrogens (tertiary/aromatic N) is 1. The molecule has 0 bridgehead atoms. The van der Waals surface area contributed by atoms with Gasteiger partial charge in [-0.3, -0.25) is 9.59 Å². The number of rotatable bonds is 9. The Bertz CT molecular complexity index is 855. The van der Waals surface area contributed by atoms with Crippen LogP contribution in [0.5, 0.6) is 11.5 Å². The highest BCUT2D eigenvalue weighted by atomic mass is 35.5. The van der Waals surface area contributed by atoms with Gasteiger partial charge in [0.25, 0.3) is 0 Å². The van der Waals surface area contributed by atoms with Gasteiger partial charge in [-0.1, -0.05) is 23.7 Å². The molecular weight excluding hydrogens is 382 g/mol. The number of hydrazone groups is 1. The zero-order chi connectivity index (χ0) is 20.4. The molecule has 8 heteroatoms. The third-order valence-electron chi connectivity index (χ3n) is 3.60. The molecule has 0 fully saturated rings. The molecule has 2 amide bonds. The Morgan fingerprint density at radius 2 is 1.89 bits per heavy atom. The SMILES string of the molecule is CCOc1c(C=NNC(=O)CCC(=O)Nc2cccc(Cl)c2)cccc1OC. The zero-order valence-corrected chi connectivity index (χ0v) is 16.5. The molecule has 0 atom stereocenters. The number of hydrogen-bond donors (Lipinski definition) is 2. The number of halogens is 1. The van der Waals surface area contributed by atoms with E-state index in [9.17, 15) is 9.59 Å². The molecule has 0 aromatic heterocycles. The molecule has 0 aliphatic carbocycles. The average molecular weight is 404 g/mol. The molecule has 0 spiro atoms. The van der Waals surface area contributed by atoms with Gasteiger partial charge in [0.2, 0.25) is 11.8 Å². The van der Waals surface area contributed by atoms with Crippen molar-refractivity contribution in [3.8, 4) is 11.5 Å². The highest BCUT2D eigenvalue weighted by molar-refractivity contribution is 6.30. The summed E-state index contributed by atoms with van der Waals surface area (Å²) in [5.41, 5.74) is 3.65. The fourth-order valence-corrected chi connectivity index (χ4v) is 2.53.